The molecule has 0 bridgehead atoms. The van der Waals surface area contributed by atoms with E-state index >= 15 is 0 Å². The summed E-state index contributed by atoms with van der Waals surface area (Å²) in [4.78, 5) is 0. The minimum absolute atomic E-state index is 0.662. The van der Waals surface area contributed by atoms with Crippen LogP contribution in [0.4, 0.5) is 0 Å². The van der Waals surface area contributed by atoms with Crippen molar-refractivity contribution in [3.8, 4) is 11.1 Å². The molecule has 0 atom stereocenters. The van der Waals surface area contributed by atoms with Gasteiger partial charge in [-0.3, -0.25) is 0 Å². The molecule has 0 amide bonds. The van der Waals surface area contributed by atoms with Crippen LogP contribution in [0, 0.1) is 0 Å². The second-order valence-electron chi connectivity index (χ2n) is 6.44. The fourth-order valence-electron chi connectivity index (χ4n) is 3.90. The molecule has 1 heteroatoms. The second kappa shape index (κ2) is 6.36. The van der Waals surface area contributed by atoms with Crippen LogP contribution in [-0.4, -0.2) is 0 Å². The summed E-state index contributed by atoms with van der Waals surface area (Å²) in [6, 6.07) is 18.2. The Hall–Kier alpha value is -1.20. The van der Waals surface area contributed by atoms with Crippen molar-refractivity contribution in [2.75, 3.05) is 0 Å². The second-order valence-corrected chi connectivity index (χ2v) is 10.1. The zero-order chi connectivity index (χ0) is 15.8. The summed E-state index contributed by atoms with van der Waals surface area (Å²) in [5.41, 5.74) is 9.46. The molecule has 0 radical (unpaired) electrons. The summed E-state index contributed by atoms with van der Waals surface area (Å²) in [5.74, 6) is 0. The molecule has 0 nitrogen and oxygen atoms in total. The molecule has 2 aromatic rings. The van der Waals surface area contributed by atoms with Gasteiger partial charge in [0.1, 0.15) is 0 Å². The van der Waals surface area contributed by atoms with Gasteiger partial charge in [-0.05, 0) is 0 Å². The summed E-state index contributed by atoms with van der Waals surface area (Å²) in [5, 5.41) is 0. The molecule has 0 spiro atoms. The Kier molecular flexibility index (Phi) is 4.24. The van der Waals surface area contributed by atoms with E-state index < -0.39 is 23.2 Å². The van der Waals surface area contributed by atoms with Crippen molar-refractivity contribution >= 4 is 0 Å². The monoisotopic (exact) mass is 376 g/mol. The SMILES string of the molecule is CCC1=CC(CC)=[C]([Zr][CH]2c3ccccc3-c3ccccc32)C1. The molecule has 0 aromatic heterocycles. The molecule has 0 aliphatic heterocycles. The summed E-state index contributed by atoms with van der Waals surface area (Å²) >= 11 is -0.662. The van der Waals surface area contributed by atoms with E-state index in [4.69, 9.17) is 0 Å². The zero-order valence-electron chi connectivity index (χ0n) is 13.9. The van der Waals surface area contributed by atoms with Gasteiger partial charge >= 0.3 is 151 Å². The standard InChI is InChI=1S/C13H9.C9H13.Zr/c1-3-7-12-10(5-1)9-11-6-2-4-8-13(11)12;1-3-8-5-6-9(4-2)7-8;/h1-9H;7H,3-5H2,1-2H3;. The fourth-order valence-corrected chi connectivity index (χ4v) is 8.63. The molecule has 0 heterocycles. The first-order valence-electron chi connectivity index (χ1n) is 8.68. The molecule has 114 valence electrons. The molecule has 0 saturated carbocycles. The molecule has 2 aliphatic rings. The van der Waals surface area contributed by atoms with Crippen molar-refractivity contribution in [3.05, 3.63) is 80.2 Å². The molecule has 2 aromatic carbocycles. The molecular weight excluding hydrogens is 355 g/mol. The first-order chi connectivity index (χ1) is 11.3. The third-order valence-corrected chi connectivity index (χ3v) is 9.48. The van der Waals surface area contributed by atoms with E-state index in [1.54, 1.807) is 22.3 Å². The quantitative estimate of drug-likeness (QED) is 0.591. The van der Waals surface area contributed by atoms with Crippen LogP contribution >= 0.6 is 0 Å². The predicted octanol–water partition coefficient (Wildman–Crippen LogP) is 6.24. The first kappa shape index (κ1) is 15.3. The maximum atomic E-state index is 2.50. The Morgan fingerprint density at radius 3 is 2.04 bits per heavy atom. The van der Waals surface area contributed by atoms with E-state index in [2.05, 4.69) is 68.5 Å². The van der Waals surface area contributed by atoms with Crippen LogP contribution in [0.1, 0.15) is 47.9 Å². The third kappa shape index (κ3) is 2.64. The number of rotatable bonds is 4. The van der Waals surface area contributed by atoms with Crippen LogP contribution in [0.25, 0.3) is 11.1 Å². The summed E-state index contributed by atoms with van der Waals surface area (Å²) in [6.45, 7) is 4.62. The molecule has 0 unspecified atom stereocenters. The average Bonchev–Trinajstić information content (AvgIpc) is 3.15. The molecule has 0 saturated heterocycles. The van der Waals surface area contributed by atoms with Crippen molar-refractivity contribution in [1.82, 2.24) is 0 Å². The van der Waals surface area contributed by atoms with Gasteiger partial charge < -0.3 is 0 Å². The summed E-state index contributed by atoms with van der Waals surface area (Å²) < 4.78 is 2.54. The van der Waals surface area contributed by atoms with Crippen LogP contribution < -0.4 is 0 Å². The Morgan fingerprint density at radius 2 is 1.48 bits per heavy atom. The van der Waals surface area contributed by atoms with Gasteiger partial charge in [0, 0.05) is 0 Å². The molecular formula is C22H22Zr. The van der Waals surface area contributed by atoms with Crippen molar-refractivity contribution in [1.29, 1.82) is 0 Å². The van der Waals surface area contributed by atoms with Crippen molar-refractivity contribution in [2.24, 2.45) is 0 Å². The van der Waals surface area contributed by atoms with Gasteiger partial charge in [0.15, 0.2) is 0 Å². The van der Waals surface area contributed by atoms with Crippen molar-refractivity contribution in [3.63, 3.8) is 0 Å². The summed E-state index contributed by atoms with van der Waals surface area (Å²) in [7, 11) is 0. The zero-order valence-corrected chi connectivity index (χ0v) is 16.4. The van der Waals surface area contributed by atoms with E-state index in [0.717, 1.165) is 0 Å². The van der Waals surface area contributed by atoms with E-state index in [1.807, 2.05) is 3.28 Å². The molecule has 23 heavy (non-hydrogen) atoms. The Balaban J connectivity index is 1.73. The van der Waals surface area contributed by atoms with E-state index in [1.165, 1.54) is 30.4 Å². The number of benzene rings is 2. The molecule has 4 rings (SSSR count). The van der Waals surface area contributed by atoms with Gasteiger partial charge in [-0.2, -0.15) is 0 Å². The van der Waals surface area contributed by atoms with E-state index in [0.29, 0.717) is 3.63 Å². The minimum atomic E-state index is -0.662. The number of allylic oxidation sites excluding steroid dienone is 4. The van der Waals surface area contributed by atoms with Gasteiger partial charge in [-0.1, -0.05) is 0 Å². The van der Waals surface area contributed by atoms with Crippen LogP contribution in [0.15, 0.2) is 69.0 Å². The Morgan fingerprint density at radius 1 is 0.870 bits per heavy atom. The Labute approximate surface area is 150 Å². The third-order valence-electron chi connectivity index (χ3n) is 5.16. The van der Waals surface area contributed by atoms with Gasteiger partial charge in [0.05, 0.1) is 0 Å². The van der Waals surface area contributed by atoms with Gasteiger partial charge in [-0.25, -0.2) is 0 Å². The molecule has 0 N–H and O–H groups in total. The Bertz CT molecular complexity index is 765. The van der Waals surface area contributed by atoms with E-state index in [-0.39, 0.29) is 0 Å². The van der Waals surface area contributed by atoms with Crippen LogP contribution in [0.5, 0.6) is 0 Å². The fraction of sp³-hybridized carbons (Fsp3) is 0.273. The predicted molar refractivity (Wildman–Crippen MR) is 94.0 cm³/mol. The normalized spacial score (nSPS) is 16.3. The van der Waals surface area contributed by atoms with Crippen molar-refractivity contribution in [2.45, 2.75) is 36.7 Å². The topological polar surface area (TPSA) is 0 Å². The molecule has 0 fully saturated rings. The number of hydrogen-bond donors (Lipinski definition) is 0. The van der Waals surface area contributed by atoms with Gasteiger partial charge in [0.25, 0.3) is 0 Å². The number of hydrogen-bond acceptors (Lipinski definition) is 0. The van der Waals surface area contributed by atoms with Crippen LogP contribution in [0.3, 0.4) is 0 Å². The first-order valence-corrected chi connectivity index (χ1v) is 11.3. The summed E-state index contributed by atoms with van der Waals surface area (Å²) in [6.07, 6.45) is 6.19. The average molecular weight is 378 g/mol. The maximum absolute atomic E-state index is 2.50. The van der Waals surface area contributed by atoms with Crippen LogP contribution in [0.2, 0.25) is 0 Å². The van der Waals surface area contributed by atoms with Crippen LogP contribution in [-0.2, 0) is 23.2 Å². The van der Waals surface area contributed by atoms with Gasteiger partial charge in [0.2, 0.25) is 0 Å². The van der Waals surface area contributed by atoms with E-state index in [9.17, 15) is 0 Å². The molecule has 2 aliphatic carbocycles. The number of fused-ring (bicyclic) bond motifs is 3. The van der Waals surface area contributed by atoms with Gasteiger partial charge in [-0.15, -0.1) is 0 Å². The van der Waals surface area contributed by atoms with Crippen molar-refractivity contribution < 1.29 is 23.2 Å².